The highest BCUT2D eigenvalue weighted by molar-refractivity contribution is 5.76. The molecule has 0 bridgehead atoms. The summed E-state index contributed by atoms with van der Waals surface area (Å²) in [5.74, 6) is 1.84. The van der Waals surface area contributed by atoms with Crippen LogP contribution in [0.1, 0.15) is 62.8 Å². The molecule has 1 aliphatic carbocycles. The van der Waals surface area contributed by atoms with Crippen molar-refractivity contribution in [3.63, 3.8) is 0 Å². The largest absolute Gasteiger partial charge is 0.342 e. The van der Waals surface area contributed by atoms with Gasteiger partial charge in [0.05, 0.1) is 11.0 Å². The lowest BCUT2D eigenvalue weighted by Gasteiger charge is -2.18. The van der Waals surface area contributed by atoms with Crippen molar-refractivity contribution in [2.45, 2.75) is 63.8 Å². The molecule has 1 atom stereocenters. The molecule has 3 rings (SSSR count). The number of hydrogen-bond donors (Lipinski definition) is 2. The van der Waals surface area contributed by atoms with Gasteiger partial charge in [0.15, 0.2) is 0 Å². The van der Waals surface area contributed by atoms with Crippen LogP contribution in [0.25, 0.3) is 11.0 Å². The minimum atomic E-state index is 0.269. The van der Waals surface area contributed by atoms with Crippen LogP contribution in [0.15, 0.2) is 18.2 Å². The zero-order valence-corrected chi connectivity index (χ0v) is 12.4. The number of aryl methyl sites for hydroxylation is 1. The first kappa shape index (κ1) is 13.6. The van der Waals surface area contributed by atoms with Gasteiger partial charge in [-0.3, -0.25) is 0 Å². The van der Waals surface area contributed by atoms with Crippen LogP contribution in [0.3, 0.4) is 0 Å². The van der Waals surface area contributed by atoms with Gasteiger partial charge in [0.1, 0.15) is 5.82 Å². The summed E-state index contributed by atoms with van der Waals surface area (Å²) < 4.78 is 0. The van der Waals surface area contributed by atoms with Gasteiger partial charge in [0, 0.05) is 12.0 Å². The third-order valence-electron chi connectivity index (χ3n) is 4.44. The Balaban J connectivity index is 1.79. The molecular formula is C17H25N3. The molecule has 0 saturated heterocycles. The number of aromatic amines is 1. The van der Waals surface area contributed by atoms with E-state index in [1.165, 1.54) is 49.0 Å². The van der Waals surface area contributed by atoms with Crippen molar-refractivity contribution in [3.8, 4) is 0 Å². The molecule has 0 aliphatic heterocycles. The quantitative estimate of drug-likeness (QED) is 0.886. The average molecular weight is 271 g/mol. The first-order valence-electron chi connectivity index (χ1n) is 7.96. The number of H-pyrrole nitrogens is 1. The number of imidazole rings is 1. The Morgan fingerprint density at radius 1 is 1.30 bits per heavy atom. The summed E-state index contributed by atoms with van der Waals surface area (Å²) in [6, 6.07) is 6.85. The first-order valence-corrected chi connectivity index (χ1v) is 7.96. The predicted octanol–water partition coefficient (Wildman–Crippen LogP) is 3.89. The number of rotatable bonds is 4. The second-order valence-electron chi connectivity index (χ2n) is 6.32. The lowest BCUT2D eigenvalue weighted by Crippen LogP contribution is -2.15. The van der Waals surface area contributed by atoms with E-state index in [9.17, 15) is 0 Å². The molecule has 0 radical (unpaired) electrons. The number of nitrogens with zero attached hydrogens (tertiary/aromatic N) is 1. The average Bonchev–Trinajstić information content (AvgIpc) is 2.89. The summed E-state index contributed by atoms with van der Waals surface area (Å²) in [7, 11) is 0. The lowest BCUT2D eigenvalue weighted by molar-refractivity contribution is 0.431. The van der Waals surface area contributed by atoms with Crippen LogP contribution in [0.5, 0.6) is 0 Å². The molecule has 1 fully saturated rings. The normalized spacial score (nSPS) is 18.5. The predicted molar refractivity (Wildman–Crippen MR) is 83.9 cm³/mol. The van der Waals surface area contributed by atoms with Gasteiger partial charge in [0.2, 0.25) is 0 Å². The number of nitrogens with one attached hydrogen (secondary N) is 1. The second-order valence-corrected chi connectivity index (χ2v) is 6.32. The molecule has 3 N–H and O–H groups in total. The van der Waals surface area contributed by atoms with Gasteiger partial charge in [0.25, 0.3) is 0 Å². The van der Waals surface area contributed by atoms with Crippen molar-refractivity contribution in [2.75, 3.05) is 0 Å². The maximum Gasteiger partial charge on any atom is 0.110 e. The van der Waals surface area contributed by atoms with Crippen molar-refractivity contribution in [3.05, 3.63) is 29.6 Å². The summed E-state index contributed by atoms with van der Waals surface area (Å²) in [5, 5.41) is 0. The molecular weight excluding hydrogens is 246 g/mol. The summed E-state index contributed by atoms with van der Waals surface area (Å²) in [6.07, 6.45) is 8.75. The molecule has 0 spiro atoms. The Labute approximate surface area is 121 Å². The Morgan fingerprint density at radius 2 is 2.10 bits per heavy atom. The molecule has 1 saturated carbocycles. The lowest BCUT2D eigenvalue weighted by atomic mass is 9.89. The molecule has 3 nitrogen and oxygen atoms in total. The second kappa shape index (κ2) is 5.96. The molecule has 3 heteroatoms. The van der Waals surface area contributed by atoms with E-state index < -0.39 is 0 Å². The monoisotopic (exact) mass is 271 g/mol. The fraction of sp³-hybridized carbons (Fsp3) is 0.588. The highest BCUT2D eigenvalue weighted by atomic mass is 14.9. The fourth-order valence-corrected chi connectivity index (χ4v) is 3.20. The van der Waals surface area contributed by atoms with Crippen molar-refractivity contribution in [1.82, 2.24) is 9.97 Å². The molecule has 1 heterocycles. The van der Waals surface area contributed by atoms with E-state index in [1.54, 1.807) is 0 Å². The molecule has 1 aliphatic rings. The van der Waals surface area contributed by atoms with E-state index in [0.29, 0.717) is 5.92 Å². The summed E-state index contributed by atoms with van der Waals surface area (Å²) in [6.45, 7) is 2.07. The molecule has 20 heavy (non-hydrogen) atoms. The van der Waals surface area contributed by atoms with Crippen LogP contribution in [0.2, 0.25) is 0 Å². The molecule has 1 unspecified atom stereocenters. The van der Waals surface area contributed by atoms with Crippen LogP contribution < -0.4 is 5.73 Å². The SMILES string of the molecule is CC(N)CCc1ccc2nc(C3CCCCC3)[nH]c2c1. The summed E-state index contributed by atoms with van der Waals surface area (Å²) >= 11 is 0. The van der Waals surface area contributed by atoms with E-state index in [1.807, 2.05) is 0 Å². The number of nitrogens with two attached hydrogens (primary N) is 1. The Bertz CT molecular complexity index is 565. The Kier molecular flexibility index (Phi) is 4.06. The van der Waals surface area contributed by atoms with Gasteiger partial charge < -0.3 is 10.7 Å². The zero-order chi connectivity index (χ0) is 13.9. The maximum atomic E-state index is 5.83. The summed E-state index contributed by atoms with van der Waals surface area (Å²) in [5.41, 5.74) is 9.48. The van der Waals surface area contributed by atoms with E-state index in [0.717, 1.165) is 18.4 Å². The van der Waals surface area contributed by atoms with Crippen molar-refractivity contribution >= 4 is 11.0 Å². The van der Waals surface area contributed by atoms with Gasteiger partial charge in [-0.1, -0.05) is 25.3 Å². The zero-order valence-electron chi connectivity index (χ0n) is 12.4. The van der Waals surface area contributed by atoms with Gasteiger partial charge in [-0.05, 0) is 50.3 Å². The maximum absolute atomic E-state index is 5.83. The van der Waals surface area contributed by atoms with Crippen molar-refractivity contribution in [1.29, 1.82) is 0 Å². The van der Waals surface area contributed by atoms with Crippen molar-refractivity contribution < 1.29 is 0 Å². The number of hydrogen-bond acceptors (Lipinski definition) is 2. The smallest absolute Gasteiger partial charge is 0.110 e. The third-order valence-corrected chi connectivity index (χ3v) is 4.44. The molecule has 108 valence electrons. The summed E-state index contributed by atoms with van der Waals surface area (Å²) in [4.78, 5) is 8.34. The third kappa shape index (κ3) is 3.04. The van der Waals surface area contributed by atoms with Crippen LogP contribution >= 0.6 is 0 Å². The number of fused-ring (bicyclic) bond motifs is 1. The van der Waals surface area contributed by atoms with Gasteiger partial charge >= 0.3 is 0 Å². The minimum Gasteiger partial charge on any atom is -0.342 e. The van der Waals surface area contributed by atoms with Crippen molar-refractivity contribution in [2.24, 2.45) is 5.73 Å². The highest BCUT2D eigenvalue weighted by Gasteiger charge is 2.18. The van der Waals surface area contributed by atoms with Crippen LogP contribution in [-0.2, 0) is 6.42 Å². The molecule has 0 amide bonds. The highest BCUT2D eigenvalue weighted by Crippen LogP contribution is 2.32. The Hall–Kier alpha value is -1.35. The van der Waals surface area contributed by atoms with Crippen LogP contribution in [-0.4, -0.2) is 16.0 Å². The van der Waals surface area contributed by atoms with E-state index >= 15 is 0 Å². The van der Waals surface area contributed by atoms with E-state index in [2.05, 4.69) is 30.1 Å². The Morgan fingerprint density at radius 3 is 2.85 bits per heavy atom. The van der Waals surface area contributed by atoms with Gasteiger partial charge in [-0.2, -0.15) is 0 Å². The van der Waals surface area contributed by atoms with Gasteiger partial charge in [-0.15, -0.1) is 0 Å². The topological polar surface area (TPSA) is 54.7 Å². The van der Waals surface area contributed by atoms with Crippen LogP contribution in [0.4, 0.5) is 0 Å². The first-order chi connectivity index (χ1) is 9.72. The van der Waals surface area contributed by atoms with Crippen LogP contribution in [0, 0.1) is 0 Å². The number of aromatic nitrogens is 2. The van der Waals surface area contributed by atoms with E-state index in [-0.39, 0.29) is 6.04 Å². The molecule has 1 aromatic carbocycles. The fourth-order valence-electron chi connectivity index (χ4n) is 3.20. The molecule has 1 aromatic heterocycles. The standard InChI is InChI=1S/C17H25N3/c1-12(18)7-8-13-9-10-15-16(11-13)20-17(19-15)14-5-3-2-4-6-14/h9-12,14H,2-8,18H2,1H3,(H,19,20). The van der Waals surface area contributed by atoms with Gasteiger partial charge in [-0.25, -0.2) is 4.98 Å². The van der Waals surface area contributed by atoms with E-state index in [4.69, 9.17) is 10.7 Å². The minimum absolute atomic E-state index is 0.269. The number of benzene rings is 1. The molecule has 2 aromatic rings.